The molecule has 0 amide bonds. The van der Waals surface area contributed by atoms with Crippen molar-refractivity contribution in [3.8, 4) is 0 Å². The van der Waals surface area contributed by atoms with Gasteiger partial charge in [-0.2, -0.15) is 0 Å². The number of hydrogen-bond acceptors (Lipinski definition) is 0. The average Bonchev–Trinajstić information content (AvgIpc) is 2.32. The van der Waals surface area contributed by atoms with Crippen molar-refractivity contribution < 1.29 is 0 Å². The van der Waals surface area contributed by atoms with Crippen molar-refractivity contribution in [2.75, 3.05) is 0 Å². The maximum absolute atomic E-state index is 2.32. The summed E-state index contributed by atoms with van der Waals surface area (Å²) in [5.41, 5.74) is 3.06. The molecule has 0 aromatic carbocycles. The first-order chi connectivity index (χ1) is 5.86. The molecule has 2 aliphatic rings. The lowest BCUT2D eigenvalue weighted by atomic mass is 10.1. The Labute approximate surface area is 74.0 Å². The zero-order valence-electron chi connectivity index (χ0n) is 7.46. The second kappa shape index (κ2) is 3.14. The van der Waals surface area contributed by atoms with Gasteiger partial charge in [-0.1, -0.05) is 43.4 Å². The Morgan fingerprint density at radius 3 is 1.92 bits per heavy atom. The minimum absolute atomic E-state index is 0.836. The molecule has 2 rings (SSSR count). The van der Waals surface area contributed by atoms with Crippen LogP contribution in [0.25, 0.3) is 0 Å². The van der Waals surface area contributed by atoms with E-state index in [1.165, 1.54) is 24.0 Å². The maximum Gasteiger partial charge on any atom is -0.0247 e. The molecule has 0 radical (unpaired) electrons. The normalized spacial score (nSPS) is 27.2. The van der Waals surface area contributed by atoms with E-state index in [0.717, 1.165) is 5.92 Å². The van der Waals surface area contributed by atoms with Crippen molar-refractivity contribution in [3.63, 3.8) is 0 Å². The van der Waals surface area contributed by atoms with Crippen LogP contribution in [-0.4, -0.2) is 0 Å². The van der Waals surface area contributed by atoms with Gasteiger partial charge in [-0.25, -0.2) is 0 Å². The third kappa shape index (κ3) is 1.42. The third-order valence-electron chi connectivity index (χ3n) is 2.48. The highest BCUT2D eigenvalue weighted by Crippen LogP contribution is 2.33. The van der Waals surface area contributed by atoms with Crippen LogP contribution in [0.2, 0.25) is 0 Å². The lowest BCUT2D eigenvalue weighted by molar-refractivity contribution is 0.626. The van der Waals surface area contributed by atoms with Gasteiger partial charge in [-0.3, -0.25) is 0 Å². The molecular weight excluding hydrogens is 144 g/mol. The molecule has 0 atom stereocenters. The highest BCUT2D eigenvalue weighted by atomic mass is 14.2. The zero-order valence-corrected chi connectivity index (χ0v) is 7.46. The van der Waals surface area contributed by atoms with E-state index in [-0.39, 0.29) is 0 Å². The van der Waals surface area contributed by atoms with E-state index in [2.05, 4.69) is 43.4 Å². The summed E-state index contributed by atoms with van der Waals surface area (Å²) < 4.78 is 0. The van der Waals surface area contributed by atoms with Gasteiger partial charge in [-0.15, -0.1) is 0 Å². The Morgan fingerprint density at radius 1 is 0.917 bits per heavy atom. The first-order valence-electron chi connectivity index (χ1n) is 4.59. The number of allylic oxidation sites excluding steroid dienone is 8. The van der Waals surface area contributed by atoms with Crippen LogP contribution in [0.15, 0.2) is 47.6 Å². The summed E-state index contributed by atoms with van der Waals surface area (Å²) in [6.07, 6.45) is 15.5. The Hall–Kier alpha value is -1.04. The maximum atomic E-state index is 2.32. The van der Waals surface area contributed by atoms with E-state index in [1.54, 1.807) is 0 Å². The number of rotatable bonds is 0. The third-order valence-corrected chi connectivity index (χ3v) is 2.48. The molecule has 0 aliphatic heterocycles. The van der Waals surface area contributed by atoms with Gasteiger partial charge in [0, 0.05) is 0 Å². The van der Waals surface area contributed by atoms with Crippen LogP contribution in [0.5, 0.6) is 0 Å². The molecule has 0 spiro atoms. The van der Waals surface area contributed by atoms with Crippen LogP contribution in [0.4, 0.5) is 0 Å². The smallest absolute Gasteiger partial charge is 0.0247 e. The Morgan fingerprint density at radius 2 is 1.42 bits per heavy atom. The molecular formula is C12H14. The minimum Gasteiger partial charge on any atom is -0.0623 e. The molecule has 0 unspecified atom stereocenters. The lowest BCUT2D eigenvalue weighted by Crippen LogP contribution is -1.83. The lowest BCUT2D eigenvalue weighted by Gasteiger charge is -1.96. The second-order valence-electron chi connectivity index (χ2n) is 3.67. The Kier molecular flexibility index (Phi) is 1.99. The molecule has 2 aliphatic carbocycles. The molecule has 0 nitrogen and oxygen atoms in total. The SMILES string of the molecule is CC1CC2=C(C=CC=CC=C2)C1. The summed E-state index contributed by atoms with van der Waals surface area (Å²) in [6.45, 7) is 2.32. The van der Waals surface area contributed by atoms with E-state index < -0.39 is 0 Å². The standard InChI is InChI=1S/C12H14/c1-10-8-11-6-4-2-3-5-7-12(11)9-10/h2-7,10H,8-9H2,1H3. The van der Waals surface area contributed by atoms with Crippen LogP contribution >= 0.6 is 0 Å². The van der Waals surface area contributed by atoms with E-state index in [9.17, 15) is 0 Å². The van der Waals surface area contributed by atoms with E-state index in [1.807, 2.05) is 0 Å². The van der Waals surface area contributed by atoms with E-state index in [4.69, 9.17) is 0 Å². The number of hydrogen-bond donors (Lipinski definition) is 0. The minimum atomic E-state index is 0.836. The molecule has 0 bridgehead atoms. The van der Waals surface area contributed by atoms with Gasteiger partial charge in [0.2, 0.25) is 0 Å². The van der Waals surface area contributed by atoms with Crippen LogP contribution in [0.1, 0.15) is 19.8 Å². The molecule has 62 valence electrons. The largest absolute Gasteiger partial charge is 0.0623 e. The van der Waals surface area contributed by atoms with E-state index in [0.29, 0.717) is 0 Å². The highest BCUT2D eigenvalue weighted by Gasteiger charge is 2.16. The van der Waals surface area contributed by atoms with Gasteiger partial charge < -0.3 is 0 Å². The Balaban J connectivity index is 2.29. The van der Waals surface area contributed by atoms with Crippen molar-refractivity contribution in [1.82, 2.24) is 0 Å². The predicted molar refractivity (Wildman–Crippen MR) is 52.8 cm³/mol. The molecule has 0 heterocycles. The predicted octanol–water partition coefficient (Wildman–Crippen LogP) is 3.40. The van der Waals surface area contributed by atoms with Crippen molar-refractivity contribution >= 4 is 0 Å². The fourth-order valence-electron chi connectivity index (χ4n) is 1.91. The fourth-order valence-corrected chi connectivity index (χ4v) is 1.91. The molecule has 12 heavy (non-hydrogen) atoms. The molecule has 0 heteroatoms. The van der Waals surface area contributed by atoms with Gasteiger partial charge in [0.1, 0.15) is 0 Å². The quantitative estimate of drug-likeness (QED) is 0.507. The van der Waals surface area contributed by atoms with Crippen molar-refractivity contribution in [3.05, 3.63) is 47.6 Å². The molecule has 0 aromatic rings. The summed E-state index contributed by atoms with van der Waals surface area (Å²) in [5.74, 6) is 0.836. The van der Waals surface area contributed by atoms with Crippen LogP contribution in [0.3, 0.4) is 0 Å². The molecule has 0 N–H and O–H groups in total. The summed E-state index contributed by atoms with van der Waals surface area (Å²) in [4.78, 5) is 0. The molecule has 0 fully saturated rings. The summed E-state index contributed by atoms with van der Waals surface area (Å²) in [7, 11) is 0. The molecule has 0 aromatic heterocycles. The highest BCUT2D eigenvalue weighted by molar-refractivity contribution is 5.41. The van der Waals surface area contributed by atoms with Crippen LogP contribution in [0, 0.1) is 5.92 Å². The first-order valence-corrected chi connectivity index (χ1v) is 4.59. The molecule has 0 saturated heterocycles. The monoisotopic (exact) mass is 158 g/mol. The summed E-state index contributed by atoms with van der Waals surface area (Å²) in [5, 5.41) is 0. The Bertz CT molecular complexity index is 259. The van der Waals surface area contributed by atoms with E-state index >= 15 is 0 Å². The first kappa shape index (κ1) is 7.60. The van der Waals surface area contributed by atoms with Crippen molar-refractivity contribution in [1.29, 1.82) is 0 Å². The molecule has 0 saturated carbocycles. The second-order valence-corrected chi connectivity index (χ2v) is 3.67. The van der Waals surface area contributed by atoms with Crippen molar-refractivity contribution in [2.24, 2.45) is 5.92 Å². The average molecular weight is 158 g/mol. The van der Waals surface area contributed by atoms with Gasteiger partial charge in [0.05, 0.1) is 0 Å². The summed E-state index contributed by atoms with van der Waals surface area (Å²) >= 11 is 0. The van der Waals surface area contributed by atoms with Gasteiger partial charge in [0.15, 0.2) is 0 Å². The van der Waals surface area contributed by atoms with Crippen molar-refractivity contribution in [2.45, 2.75) is 19.8 Å². The van der Waals surface area contributed by atoms with Gasteiger partial charge in [0.25, 0.3) is 0 Å². The van der Waals surface area contributed by atoms with Gasteiger partial charge in [-0.05, 0) is 29.9 Å². The van der Waals surface area contributed by atoms with Crippen LogP contribution in [-0.2, 0) is 0 Å². The summed E-state index contributed by atoms with van der Waals surface area (Å²) in [6, 6.07) is 0. The zero-order chi connectivity index (χ0) is 8.39. The van der Waals surface area contributed by atoms with Crippen LogP contribution < -0.4 is 0 Å². The topological polar surface area (TPSA) is 0 Å². The van der Waals surface area contributed by atoms with Gasteiger partial charge >= 0.3 is 0 Å². The fraction of sp³-hybridized carbons (Fsp3) is 0.333.